The van der Waals surface area contributed by atoms with Gasteiger partial charge in [-0.15, -0.1) is 0 Å². The van der Waals surface area contributed by atoms with Gasteiger partial charge < -0.3 is 4.74 Å². The zero-order valence-corrected chi connectivity index (χ0v) is 16.3. The van der Waals surface area contributed by atoms with E-state index in [1.54, 1.807) is 26.1 Å². The van der Waals surface area contributed by atoms with Crippen molar-refractivity contribution in [1.82, 2.24) is 13.5 Å². The van der Waals surface area contributed by atoms with Crippen molar-refractivity contribution in [2.24, 2.45) is 16.8 Å². The Balaban J connectivity index is 1.87. The number of aliphatic imine (C=N–C) groups is 1. The van der Waals surface area contributed by atoms with E-state index in [4.69, 9.17) is 9.73 Å². The van der Waals surface area contributed by atoms with E-state index in [2.05, 4.69) is 0 Å². The molecular formula is C16H28N4O4S. The van der Waals surface area contributed by atoms with Crippen LogP contribution in [0.5, 0.6) is 0 Å². The predicted molar refractivity (Wildman–Crippen MR) is 94.4 cm³/mol. The molecule has 3 aliphatic rings. The van der Waals surface area contributed by atoms with E-state index in [0.717, 1.165) is 12.3 Å². The number of amides is 1. The van der Waals surface area contributed by atoms with Crippen molar-refractivity contribution >= 4 is 22.0 Å². The number of hydrogen-bond donors (Lipinski definition) is 0. The van der Waals surface area contributed by atoms with E-state index in [-0.39, 0.29) is 17.7 Å². The molecule has 0 radical (unpaired) electrons. The van der Waals surface area contributed by atoms with Crippen LogP contribution in [0.3, 0.4) is 0 Å². The van der Waals surface area contributed by atoms with Crippen molar-refractivity contribution in [2.45, 2.75) is 31.7 Å². The third kappa shape index (κ3) is 2.81. The molecule has 2 heterocycles. The summed E-state index contributed by atoms with van der Waals surface area (Å²) in [5, 5.41) is 0. The van der Waals surface area contributed by atoms with Crippen LogP contribution >= 0.6 is 0 Å². The third-order valence-corrected chi connectivity index (χ3v) is 7.67. The minimum absolute atomic E-state index is 0.0259. The van der Waals surface area contributed by atoms with Crippen LogP contribution in [-0.4, -0.2) is 86.7 Å². The number of ether oxygens (including phenoxy) is 1. The fraction of sp³-hybridized carbons (Fsp3) is 0.875. The summed E-state index contributed by atoms with van der Waals surface area (Å²) in [6, 6.07) is 0. The van der Waals surface area contributed by atoms with Gasteiger partial charge in [0.15, 0.2) is 0 Å². The van der Waals surface area contributed by atoms with Crippen LogP contribution < -0.4 is 0 Å². The van der Waals surface area contributed by atoms with E-state index in [9.17, 15) is 13.2 Å². The SMILES string of the molecule is CCC1=N[C@@]2(CC[C@@H]3CN(S(=O)(=O)N(C)C)C[C@@H]32)C(=O)N1CCOC. The van der Waals surface area contributed by atoms with E-state index < -0.39 is 15.7 Å². The molecule has 3 rings (SSSR count). The normalized spacial score (nSPS) is 32.9. The second-order valence-electron chi connectivity index (χ2n) is 7.27. The first kappa shape index (κ1) is 18.8. The minimum Gasteiger partial charge on any atom is -0.383 e. The maximum absolute atomic E-state index is 13.2. The van der Waals surface area contributed by atoms with Crippen LogP contribution in [0.1, 0.15) is 26.2 Å². The van der Waals surface area contributed by atoms with Gasteiger partial charge in [0.1, 0.15) is 11.4 Å². The Labute approximate surface area is 150 Å². The number of carbonyl (C=O) groups excluding carboxylic acids is 1. The fourth-order valence-corrected chi connectivity index (χ4v) is 5.64. The topological polar surface area (TPSA) is 82.5 Å². The summed E-state index contributed by atoms with van der Waals surface area (Å²) >= 11 is 0. The number of amidine groups is 1. The molecule has 1 spiro atoms. The van der Waals surface area contributed by atoms with Crippen molar-refractivity contribution in [2.75, 3.05) is 47.4 Å². The first-order valence-corrected chi connectivity index (χ1v) is 10.2. The molecule has 0 aromatic heterocycles. The summed E-state index contributed by atoms with van der Waals surface area (Å²) in [6.07, 6.45) is 2.24. The van der Waals surface area contributed by atoms with Gasteiger partial charge in [-0.2, -0.15) is 17.0 Å². The van der Waals surface area contributed by atoms with Crippen LogP contribution in [0.15, 0.2) is 4.99 Å². The second kappa shape index (κ2) is 6.61. The number of fused-ring (bicyclic) bond motifs is 2. The van der Waals surface area contributed by atoms with Crippen molar-refractivity contribution in [3.63, 3.8) is 0 Å². The summed E-state index contributed by atoms with van der Waals surface area (Å²) < 4.78 is 32.8. The van der Waals surface area contributed by atoms with Crippen molar-refractivity contribution in [3.05, 3.63) is 0 Å². The predicted octanol–water partition coefficient (Wildman–Crippen LogP) is 0.171. The van der Waals surface area contributed by atoms with E-state index >= 15 is 0 Å². The molecule has 0 aromatic carbocycles. The van der Waals surface area contributed by atoms with Crippen LogP contribution in [0.4, 0.5) is 0 Å². The van der Waals surface area contributed by atoms with Gasteiger partial charge in [-0.25, -0.2) is 0 Å². The molecule has 25 heavy (non-hydrogen) atoms. The highest BCUT2D eigenvalue weighted by Gasteiger charge is 2.62. The second-order valence-corrected chi connectivity index (χ2v) is 9.41. The summed E-state index contributed by atoms with van der Waals surface area (Å²) in [5.74, 6) is 0.987. The van der Waals surface area contributed by atoms with Crippen LogP contribution in [0, 0.1) is 11.8 Å². The van der Waals surface area contributed by atoms with Gasteiger partial charge in [0, 0.05) is 46.6 Å². The Hall–Kier alpha value is -1.03. The van der Waals surface area contributed by atoms with Gasteiger partial charge in [0.25, 0.3) is 16.1 Å². The van der Waals surface area contributed by atoms with E-state index in [1.165, 1.54) is 8.61 Å². The van der Waals surface area contributed by atoms with Gasteiger partial charge in [-0.1, -0.05) is 6.92 Å². The van der Waals surface area contributed by atoms with E-state index in [1.807, 2.05) is 6.92 Å². The lowest BCUT2D eigenvalue weighted by Crippen LogP contribution is -2.48. The van der Waals surface area contributed by atoms with Crippen LogP contribution in [0.2, 0.25) is 0 Å². The largest absolute Gasteiger partial charge is 0.383 e. The van der Waals surface area contributed by atoms with Gasteiger partial charge >= 0.3 is 0 Å². The maximum atomic E-state index is 13.2. The number of carbonyl (C=O) groups is 1. The van der Waals surface area contributed by atoms with Crippen LogP contribution in [0.25, 0.3) is 0 Å². The number of hydrogen-bond acceptors (Lipinski definition) is 5. The molecule has 9 heteroatoms. The smallest absolute Gasteiger partial charge is 0.281 e. The molecule has 3 atom stereocenters. The Kier molecular flexibility index (Phi) is 4.95. The Bertz CT molecular complexity index is 678. The van der Waals surface area contributed by atoms with E-state index in [0.29, 0.717) is 39.1 Å². The first-order chi connectivity index (χ1) is 11.8. The zero-order valence-electron chi connectivity index (χ0n) is 15.4. The highest BCUT2D eigenvalue weighted by atomic mass is 32.2. The molecule has 0 N–H and O–H groups in total. The average molecular weight is 372 g/mol. The monoisotopic (exact) mass is 372 g/mol. The van der Waals surface area contributed by atoms with Crippen molar-refractivity contribution in [1.29, 1.82) is 0 Å². The highest BCUT2D eigenvalue weighted by Crippen LogP contribution is 2.50. The molecule has 0 unspecified atom stereocenters. The summed E-state index contributed by atoms with van der Waals surface area (Å²) in [5.41, 5.74) is -0.777. The van der Waals surface area contributed by atoms with Gasteiger partial charge in [0.2, 0.25) is 0 Å². The number of nitrogens with zero attached hydrogens (tertiary/aromatic N) is 4. The van der Waals surface area contributed by atoms with Crippen LogP contribution in [-0.2, 0) is 19.7 Å². The Morgan fingerprint density at radius 1 is 1.36 bits per heavy atom. The van der Waals surface area contributed by atoms with Crippen molar-refractivity contribution < 1.29 is 17.9 Å². The molecular weight excluding hydrogens is 344 g/mol. The average Bonchev–Trinajstić information content (AvgIpc) is 3.21. The highest BCUT2D eigenvalue weighted by molar-refractivity contribution is 7.86. The summed E-state index contributed by atoms with van der Waals surface area (Å²) in [7, 11) is 1.24. The lowest BCUT2D eigenvalue weighted by Gasteiger charge is -2.28. The number of rotatable bonds is 6. The molecule has 1 saturated heterocycles. The first-order valence-electron chi connectivity index (χ1n) is 8.85. The molecule has 142 valence electrons. The molecule has 1 aliphatic carbocycles. The zero-order chi connectivity index (χ0) is 18.4. The summed E-state index contributed by atoms with van der Waals surface area (Å²) in [6.45, 7) is 3.82. The molecule has 1 amide bonds. The molecule has 8 nitrogen and oxygen atoms in total. The Morgan fingerprint density at radius 2 is 2.08 bits per heavy atom. The molecule has 1 saturated carbocycles. The Morgan fingerprint density at radius 3 is 2.68 bits per heavy atom. The lowest BCUT2D eigenvalue weighted by molar-refractivity contribution is -0.132. The molecule has 2 aliphatic heterocycles. The van der Waals surface area contributed by atoms with Gasteiger partial charge in [-0.3, -0.25) is 14.7 Å². The minimum atomic E-state index is -3.46. The standard InChI is InChI=1S/C16H28N4O4S/c1-5-14-17-16(15(21)20(14)8-9-24-4)7-6-12-10-19(11-13(12)16)25(22,23)18(2)3/h12-13H,5-11H2,1-4H3/t12-,13+,16-/m1/s1. The van der Waals surface area contributed by atoms with Gasteiger partial charge in [-0.05, 0) is 18.8 Å². The molecule has 0 aromatic rings. The molecule has 2 fully saturated rings. The van der Waals surface area contributed by atoms with Crippen molar-refractivity contribution in [3.8, 4) is 0 Å². The van der Waals surface area contributed by atoms with Gasteiger partial charge in [0.05, 0.1) is 13.2 Å². The third-order valence-electron chi connectivity index (χ3n) is 5.80. The summed E-state index contributed by atoms with van der Waals surface area (Å²) in [4.78, 5) is 19.8. The lowest BCUT2D eigenvalue weighted by atomic mass is 9.85. The maximum Gasteiger partial charge on any atom is 0.281 e. The molecule has 0 bridgehead atoms. The fourth-order valence-electron chi connectivity index (χ4n) is 4.45. The number of methoxy groups -OCH3 is 1. The quantitative estimate of drug-likeness (QED) is 0.665.